The molecular weight excluding hydrogens is 251 g/mol. The molecule has 82 valence electrons. The second-order valence-corrected chi connectivity index (χ2v) is 4.21. The quantitative estimate of drug-likeness (QED) is 0.847. The topological polar surface area (TPSA) is 54.4 Å². The molecule has 0 aromatic heterocycles. The first-order valence-electron chi connectivity index (χ1n) is 4.45. The average molecular weight is 257 g/mol. The van der Waals surface area contributed by atoms with Gasteiger partial charge in [0.15, 0.2) is 5.78 Å². The molecular formula is C11H6Cl2O3. The van der Waals surface area contributed by atoms with Gasteiger partial charge in [-0.25, -0.2) is 4.79 Å². The smallest absolute Gasteiger partial charge is 0.332 e. The fourth-order valence-corrected chi connectivity index (χ4v) is 1.66. The second-order valence-electron chi connectivity index (χ2n) is 3.40. The van der Waals surface area contributed by atoms with Gasteiger partial charge in [0.2, 0.25) is 0 Å². The number of aliphatic carboxylic acids is 1. The van der Waals surface area contributed by atoms with Crippen molar-refractivity contribution in [1.82, 2.24) is 0 Å². The number of halogens is 2. The van der Waals surface area contributed by atoms with Gasteiger partial charge in [0, 0.05) is 23.1 Å². The second kappa shape index (κ2) is 3.92. The summed E-state index contributed by atoms with van der Waals surface area (Å²) in [5.41, 5.74) is 0.877. The Labute approximate surface area is 101 Å². The first-order valence-corrected chi connectivity index (χ1v) is 5.21. The summed E-state index contributed by atoms with van der Waals surface area (Å²) in [5.74, 6) is -1.33. The highest BCUT2D eigenvalue weighted by atomic mass is 35.5. The Kier molecular flexibility index (Phi) is 2.74. The molecule has 1 aliphatic carbocycles. The van der Waals surface area contributed by atoms with Crippen molar-refractivity contribution in [1.29, 1.82) is 0 Å². The Bertz CT molecular complexity index is 532. The maximum absolute atomic E-state index is 11.8. The van der Waals surface area contributed by atoms with Crippen molar-refractivity contribution in [2.24, 2.45) is 0 Å². The number of carbonyl (C=O) groups is 2. The molecule has 16 heavy (non-hydrogen) atoms. The summed E-state index contributed by atoms with van der Waals surface area (Å²) >= 11 is 11.5. The number of benzene rings is 1. The van der Waals surface area contributed by atoms with Crippen molar-refractivity contribution in [2.75, 3.05) is 0 Å². The minimum atomic E-state index is -1.04. The molecule has 0 spiro atoms. The Balaban J connectivity index is 2.30. The molecule has 3 nitrogen and oxygen atoms in total. The predicted octanol–water partition coefficient (Wildman–Crippen LogP) is 2.96. The number of carbonyl (C=O) groups excluding carboxylic acids is 1. The molecule has 0 amide bonds. The molecule has 1 aliphatic rings. The fourth-order valence-electron chi connectivity index (χ4n) is 1.37. The Hall–Kier alpha value is -1.32. The van der Waals surface area contributed by atoms with Gasteiger partial charge in [-0.3, -0.25) is 4.79 Å². The van der Waals surface area contributed by atoms with Gasteiger partial charge in [-0.2, -0.15) is 0 Å². The van der Waals surface area contributed by atoms with E-state index in [0.29, 0.717) is 16.2 Å². The van der Waals surface area contributed by atoms with E-state index in [-0.39, 0.29) is 22.8 Å². The van der Waals surface area contributed by atoms with Crippen molar-refractivity contribution in [2.45, 2.75) is 6.42 Å². The molecule has 0 fully saturated rings. The van der Waals surface area contributed by atoms with Gasteiger partial charge in [-0.15, -0.1) is 0 Å². The van der Waals surface area contributed by atoms with Crippen molar-refractivity contribution >= 4 is 35.0 Å². The summed E-state index contributed by atoms with van der Waals surface area (Å²) in [6, 6.07) is 4.48. The predicted molar refractivity (Wildman–Crippen MR) is 60.1 cm³/mol. The zero-order valence-electron chi connectivity index (χ0n) is 7.96. The fraction of sp³-hybridized carbons (Fsp3) is 0.0909. The van der Waals surface area contributed by atoms with Crippen molar-refractivity contribution in [3.8, 4) is 0 Å². The number of Topliss-reactive ketones (excluding diaryl/α,β-unsaturated/α-hetero) is 1. The van der Waals surface area contributed by atoms with Gasteiger partial charge >= 0.3 is 5.97 Å². The lowest BCUT2D eigenvalue weighted by Gasteiger charge is -1.99. The molecule has 5 heteroatoms. The number of carboxylic acid groups (broad SMARTS) is 1. The largest absolute Gasteiger partial charge is 0.478 e. The van der Waals surface area contributed by atoms with E-state index in [1.165, 1.54) is 18.2 Å². The summed E-state index contributed by atoms with van der Waals surface area (Å²) in [5, 5.41) is 9.31. The molecule has 2 rings (SSSR count). The highest BCUT2D eigenvalue weighted by Gasteiger charge is 2.33. The van der Waals surface area contributed by atoms with E-state index >= 15 is 0 Å². The van der Waals surface area contributed by atoms with E-state index in [1.54, 1.807) is 0 Å². The maximum atomic E-state index is 11.8. The standard InChI is InChI=1S/C11H6Cl2O3/c12-8-2-1-5(3-9(8)13)10(14)6-4-7(6)11(15)16/h1-3H,4H2,(H,15,16). The summed E-state index contributed by atoms with van der Waals surface area (Å²) < 4.78 is 0. The van der Waals surface area contributed by atoms with Gasteiger partial charge in [0.1, 0.15) is 0 Å². The van der Waals surface area contributed by atoms with E-state index in [9.17, 15) is 9.59 Å². The highest BCUT2D eigenvalue weighted by molar-refractivity contribution is 6.42. The Morgan fingerprint density at radius 3 is 2.31 bits per heavy atom. The molecule has 0 aliphatic heterocycles. The molecule has 0 bridgehead atoms. The van der Waals surface area contributed by atoms with Crippen LogP contribution in [-0.4, -0.2) is 16.9 Å². The van der Waals surface area contributed by atoms with E-state index in [1.807, 2.05) is 0 Å². The summed E-state index contributed by atoms with van der Waals surface area (Å²) in [4.78, 5) is 22.3. The van der Waals surface area contributed by atoms with E-state index in [4.69, 9.17) is 28.3 Å². The number of hydrogen-bond acceptors (Lipinski definition) is 2. The highest BCUT2D eigenvalue weighted by Crippen LogP contribution is 2.34. The van der Waals surface area contributed by atoms with Crippen LogP contribution in [0.3, 0.4) is 0 Å². The van der Waals surface area contributed by atoms with Gasteiger partial charge in [-0.1, -0.05) is 23.2 Å². The number of rotatable bonds is 3. The molecule has 1 aromatic carbocycles. The lowest BCUT2D eigenvalue weighted by molar-refractivity contribution is -0.132. The van der Waals surface area contributed by atoms with E-state index < -0.39 is 5.97 Å². The molecule has 0 saturated heterocycles. The van der Waals surface area contributed by atoms with Gasteiger partial charge in [0.25, 0.3) is 0 Å². The lowest BCUT2D eigenvalue weighted by Crippen LogP contribution is -1.97. The first-order chi connectivity index (χ1) is 7.50. The minimum Gasteiger partial charge on any atom is -0.478 e. The summed E-state index contributed by atoms with van der Waals surface area (Å²) in [6.45, 7) is 0. The van der Waals surface area contributed by atoms with E-state index in [2.05, 4.69) is 0 Å². The Morgan fingerprint density at radius 1 is 1.12 bits per heavy atom. The summed E-state index contributed by atoms with van der Waals surface area (Å²) in [6.07, 6.45) is 0.244. The Morgan fingerprint density at radius 2 is 1.81 bits per heavy atom. The first kappa shape index (κ1) is 11.2. The molecule has 0 unspecified atom stereocenters. The SMILES string of the molecule is O=C(O)C1=C(C(=O)c2ccc(Cl)c(Cl)c2)C1. The molecule has 0 atom stereocenters. The van der Waals surface area contributed by atoms with Crippen LogP contribution < -0.4 is 0 Å². The minimum absolute atomic E-state index is 0.177. The van der Waals surface area contributed by atoms with Crippen LogP contribution >= 0.6 is 23.2 Å². The van der Waals surface area contributed by atoms with Crippen LogP contribution in [0.4, 0.5) is 0 Å². The molecule has 0 radical (unpaired) electrons. The molecule has 0 saturated carbocycles. The van der Waals surface area contributed by atoms with Crippen LogP contribution in [0.2, 0.25) is 10.0 Å². The number of allylic oxidation sites excluding steroid dienone is 1. The molecule has 1 aromatic rings. The normalized spacial score (nSPS) is 13.9. The van der Waals surface area contributed by atoms with Crippen LogP contribution in [-0.2, 0) is 4.79 Å². The monoisotopic (exact) mass is 256 g/mol. The lowest BCUT2D eigenvalue weighted by atomic mass is 10.1. The zero-order chi connectivity index (χ0) is 11.9. The van der Waals surface area contributed by atoms with Crippen molar-refractivity contribution < 1.29 is 14.7 Å². The van der Waals surface area contributed by atoms with Crippen molar-refractivity contribution in [3.63, 3.8) is 0 Å². The van der Waals surface area contributed by atoms with Gasteiger partial charge < -0.3 is 5.11 Å². The third-order valence-electron chi connectivity index (χ3n) is 2.31. The van der Waals surface area contributed by atoms with Crippen LogP contribution in [0.5, 0.6) is 0 Å². The van der Waals surface area contributed by atoms with Gasteiger partial charge in [0.05, 0.1) is 10.0 Å². The maximum Gasteiger partial charge on any atom is 0.332 e. The van der Waals surface area contributed by atoms with Crippen LogP contribution in [0.25, 0.3) is 0 Å². The molecule has 1 N–H and O–H groups in total. The average Bonchev–Trinajstić information content (AvgIpc) is 3.01. The number of ketones is 1. The van der Waals surface area contributed by atoms with Crippen LogP contribution in [0.1, 0.15) is 16.8 Å². The van der Waals surface area contributed by atoms with Gasteiger partial charge in [-0.05, 0) is 18.2 Å². The summed E-state index contributed by atoms with van der Waals surface area (Å²) in [7, 11) is 0. The van der Waals surface area contributed by atoms with Crippen LogP contribution in [0.15, 0.2) is 29.3 Å². The van der Waals surface area contributed by atoms with Crippen LogP contribution in [0, 0.1) is 0 Å². The number of carboxylic acids is 1. The number of hydrogen-bond donors (Lipinski definition) is 1. The van der Waals surface area contributed by atoms with Crippen molar-refractivity contribution in [3.05, 3.63) is 45.0 Å². The van der Waals surface area contributed by atoms with E-state index in [0.717, 1.165) is 0 Å². The molecule has 0 heterocycles. The zero-order valence-corrected chi connectivity index (χ0v) is 9.47. The third kappa shape index (κ3) is 1.96. The third-order valence-corrected chi connectivity index (χ3v) is 3.05.